The summed E-state index contributed by atoms with van der Waals surface area (Å²) in [5, 5.41) is 0. The highest BCUT2D eigenvalue weighted by Crippen LogP contribution is 2.16. The maximum absolute atomic E-state index is 3.91. The molecule has 0 N–H and O–H groups in total. The van der Waals surface area contributed by atoms with E-state index in [0.29, 0.717) is 0 Å². The molecular formula is C21H38. The fraction of sp³-hybridized carbons (Fsp3) is 0.810. The van der Waals surface area contributed by atoms with Crippen molar-refractivity contribution in [1.82, 2.24) is 0 Å². The number of hydrogen-bond donors (Lipinski definition) is 0. The first-order valence-corrected chi connectivity index (χ1v) is 9.24. The van der Waals surface area contributed by atoms with E-state index in [4.69, 9.17) is 0 Å². The fourth-order valence-corrected chi connectivity index (χ4v) is 2.70. The first kappa shape index (κ1) is 20.6. The third kappa shape index (κ3) is 15.8. The third-order valence-corrected chi connectivity index (χ3v) is 4.27. The predicted octanol–water partition coefficient (Wildman–Crippen LogP) is 7.00. The highest BCUT2D eigenvalue weighted by Gasteiger charge is 2.01. The van der Waals surface area contributed by atoms with Crippen molar-refractivity contribution >= 4 is 0 Å². The summed E-state index contributed by atoms with van der Waals surface area (Å²) >= 11 is 0. The second kappa shape index (κ2) is 15.9. The lowest BCUT2D eigenvalue weighted by molar-refractivity contribution is 0.455. The van der Waals surface area contributed by atoms with Crippen molar-refractivity contribution in [3.8, 4) is 11.8 Å². The van der Waals surface area contributed by atoms with Crippen LogP contribution in [-0.4, -0.2) is 0 Å². The van der Waals surface area contributed by atoms with E-state index < -0.39 is 0 Å². The molecule has 0 saturated heterocycles. The monoisotopic (exact) mass is 290 g/mol. The van der Waals surface area contributed by atoms with E-state index in [-0.39, 0.29) is 0 Å². The zero-order valence-electron chi connectivity index (χ0n) is 14.8. The Bertz CT molecular complexity index is 255. The summed E-state index contributed by atoms with van der Waals surface area (Å²) in [5.74, 6) is 8.43. The van der Waals surface area contributed by atoms with Gasteiger partial charge in [-0.15, -0.1) is 11.8 Å². The van der Waals surface area contributed by atoms with Gasteiger partial charge in [0.2, 0.25) is 0 Å². The number of hydrogen-bond acceptors (Lipinski definition) is 0. The van der Waals surface area contributed by atoms with Crippen molar-refractivity contribution in [2.24, 2.45) is 11.8 Å². The highest BCUT2D eigenvalue weighted by atomic mass is 14.1. The van der Waals surface area contributed by atoms with Crippen molar-refractivity contribution in [2.75, 3.05) is 0 Å². The SMILES string of the molecule is [CH2]CCCC(C)CCCC#CCCCCC(C)CCC[CH2]. The Kier molecular flexibility index (Phi) is 15.6. The summed E-state index contributed by atoms with van der Waals surface area (Å²) in [6, 6.07) is 0. The summed E-state index contributed by atoms with van der Waals surface area (Å²) in [6.07, 6.45) is 16.2. The van der Waals surface area contributed by atoms with E-state index in [1.165, 1.54) is 57.8 Å². The van der Waals surface area contributed by atoms with Crippen LogP contribution in [0.3, 0.4) is 0 Å². The number of rotatable bonds is 13. The normalized spacial score (nSPS) is 13.5. The second-order valence-corrected chi connectivity index (χ2v) is 6.69. The predicted molar refractivity (Wildman–Crippen MR) is 96.8 cm³/mol. The van der Waals surface area contributed by atoms with Crippen LogP contribution in [-0.2, 0) is 0 Å². The standard InChI is InChI=1S/C21H38/c1-5-7-16-20(3)18-14-12-10-9-11-13-15-19-21(4)17-8-6-2/h20-21H,1-2,5-8,10,12-19H2,3-4H3. The molecule has 0 aromatic heterocycles. The summed E-state index contributed by atoms with van der Waals surface area (Å²) in [5.41, 5.74) is 0. The van der Waals surface area contributed by atoms with Crippen LogP contribution in [0.5, 0.6) is 0 Å². The van der Waals surface area contributed by atoms with Crippen molar-refractivity contribution in [1.29, 1.82) is 0 Å². The van der Waals surface area contributed by atoms with Gasteiger partial charge in [0.1, 0.15) is 0 Å². The van der Waals surface area contributed by atoms with E-state index in [0.717, 1.165) is 37.5 Å². The molecule has 0 heterocycles. The first-order chi connectivity index (χ1) is 10.2. The molecule has 0 nitrogen and oxygen atoms in total. The Labute approximate surface area is 135 Å². The minimum Gasteiger partial charge on any atom is -0.103 e. The van der Waals surface area contributed by atoms with E-state index in [1.54, 1.807) is 0 Å². The molecule has 21 heavy (non-hydrogen) atoms. The molecule has 0 fully saturated rings. The Balaban J connectivity index is 3.34. The molecule has 0 saturated carbocycles. The van der Waals surface area contributed by atoms with Gasteiger partial charge in [0.15, 0.2) is 0 Å². The molecule has 0 aliphatic heterocycles. The second-order valence-electron chi connectivity index (χ2n) is 6.69. The number of unbranched alkanes of at least 4 members (excludes halogenated alkanes) is 5. The zero-order chi connectivity index (χ0) is 15.8. The average molecular weight is 291 g/mol. The molecule has 2 unspecified atom stereocenters. The van der Waals surface area contributed by atoms with Gasteiger partial charge in [0.05, 0.1) is 0 Å². The third-order valence-electron chi connectivity index (χ3n) is 4.27. The van der Waals surface area contributed by atoms with Crippen LogP contribution >= 0.6 is 0 Å². The molecule has 0 aromatic rings. The van der Waals surface area contributed by atoms with Gasteiger partial charge in [0.25, 0.3) is 0 Å². The first-order valence-electron chi connectivity index (χ1n) is 9.24. The largest absolute Gasteiger partial charge is 0.103 e. The van der Waals surface area contributed by atoms with E-state index >= 15 is 0 Å². The molecule has 0 rings (SSSR count). The molecule has 0 amide bonds. The van der Waals surface area contributed by atoms with Crippen molar-refractivity contribution in [2.45, 2.75) is 97.3 Å². The van der Waals surface area contributed by atoms with Crippen molar-refractivity contribution in [3.05, 3.63) is 13.8 Å². The molecule has 2 atom stereocenters. The molecule has 0 aliphatic carbocycles. The van der Waals surface area contributed by atoms with Crippen LogP contribution in [0.1, 0.15) is 97.3 Å². The minimum absolute atomic E-state index is 0.855. The molecule has 0 aliphatic rings. The van der Waals surface area contributed by atoms with Crippen LogP contribution in [0, 0.1) is 37.5 Å². The molecule has 0 heteroatoms. The van der Waals surface area contributed by atoms with Gasteiger partial charge in [0, 0.05) is 12.8 Å². The maximum atomic E-state index is 3.91. The summed E-state index contributed by atoms with van der Waals surface area (Å²) < 4.78 is 0. The molecule has 0 spiro atoms. The van der Waals surface area contributed by atoms with Gasteiger partial charge in [-0.25, -0.2) is 0 Å². The average Bonchev–Trinajstić information content (AvgIpc) is 2.49. The van der Waals surface area contributed by atoms with Gasteiger partial charge >= 0.3 is 0 Å². The van der Waals surface area contributed by atoms with Gasteiger partial charge in [-0.05, 0) is 31.1 Å². The van der Waals surface area contributed by atoms with Crippen molar-refractivity contribution in [3.63, 3.8) is 0 Å². The van der Waals surface area contributed by atoms with Crippen LogP contribution in [0.15, 0.2) is 0 Å². The van der Waals surface area contributed by atoms with Crippen LogP contribution < -0.4 is 0 Å². The lowest BCUT2D eigenvalue weighted by Gasteiger charge is -2.09. The van der Waals surface area contributed by atoms with Gasteiger partial charge < -0.3 is 0 Å². The van der Waals surface area contributed by atoms with Gasteiger partial charge in [-0.3, -0.25) is 0 Å². The minimum atomic E-state index is 0.855. The summed E-state index contributed by atoms with van der Waals surface area (Å²) in [4.78, 5) is 0. The highest BCUT2D eigenvalue weighted by molar-refractivity contribution is 4.98. The van der Waals surface area contributed by atoms with Crippen LogP contribution in [0.2, 0.25) is 0 Å². The summed E-state index contributed by atoms with van der Waals surface area (Å²) in [7, 11) is 0. The Morgan fingerprint density at radius 2 is 1.05 bits per heavy atom. The molecule has 0 aromatic carbocycles. The molecule has 0 bridgehead atoms. The lowest BCUT2D eigenvalue weighted by atomic mass is 9.97. The van der Waals surface area contributed by atoms with Crippen LogP contribution in [0.25, 0.3) is 0 Å². The van der Waals surface area contributed by atoms with Gasteiger partial charge in [-0.1, -0.05) is 79.1 Å². The molecule has 2 radical (unpaired) electrons. The molecular weight excluding hydrogens is 252 g/mol. The van der Waals surface area contributed by atoms with Gasteiger partial charge in [-0.2, -0.15) is 0 Å². The van der Waals surface area contributed by atoms with E-state index in [2.05, 4.69) is 39.5 Å². The van der Waals surface area contributed by atoms with E-state index in [9.17, 15) is 0 Å². The Hall–Kier alpha value is -0.440. The van der Waals surface area contributed by atoms with Crippen molar-refractivity contribution < 1.29 is 0 Å². The Morgan fingerprint density at radius 1 is 0.619 bits per heavy atom. The van der Waals surface area contributed by atoms with E-state index in [1.807, 2.05) is 0 Å². The fourth-order valence-electron chi connectivity index (χ4n) is 2.70. The summed E-state index contributed by atoms with van der Waals surface area (Å²) in [6.45, 7) is 12.5. The maximum Gasteiger partial charge on any atom is 0.00887 e. The zero-order valence-corrected chi connectivity index (χ0v) is 14.8. The lowest BCUT2D eigenvalue weighted by Crippen LogP contribution is -1.94. The Morgan fingerprint density at radius 3 is 1.57 bits per heavy atom. The molecule has 122 valence electrons. The topological polar surface area (TPSA) is 0 Å². The quantitative estimate of drug-likeness (QED) is 0.253. The smallest absolute Gasteiger partial charge is 0.00887 e. The van der Waals surface area contributed by atoms with Crippen LogP contribution in [0.4, 0.5) is 0 Å².